The van der Waals surface area contributed by atoms with Gasteiger partial charge >= 0.3 is 0 Å². The van der Waals surface area contributed by atoms with Crippen molar-refractivity contribution in [2.24, 2.45) is 0 Å². The summed E-state index contributed by atoms with van der Waals surface area (Å²) in [6.07, 6.45) is -11.9. The van der Waals surface area contributed by atoms with Crippen LogP contribution in [0.2, 0.25) is 0 Å². The Morgan fingerprint density at radius 3 is 2.18 bits per heavy atom. The van der Waals surface area contributed by atoms with Gasteiger partial charge in [-0.1, -0.05) is 0 Å². The number of methoxy groups -OCH3 is 1. The van der Waals surface area contributed by atoms with Gasteiger partial charge in [0.25, 0.3) is 0 Å². The first-order valence-electron chi connectivity index (χ1n) is 10.5. The minimum atomic E-state index is -1.63. The van der Waals surface area contributed by atoms with E-state index < -0.39 is 73.9 Å². The second kappa shape index (κ2) is 10.9. The molecule has 0 bridgehead atoms. The summed E-state index contributed by atoms with van der Waals surface area (Å²) in [6.45, 7) is 2.13. The highest BCUT2D eigenvalue weighted by atomic mass is 16.7. The monoisotopic (exact) mass is 473 g/mol. The lowest BCUT2D eigenvalue weighted by molar-refractivity contribution is -0.339. The van der Waals surface area contributed by atoms with Crippen molar-refractivity contribution in [3.63, 3.8) is 0 Å². The number of benzene rings is 1. The van der Waals surface area contributed by atoms with Crippen molar-refractivity contribution in [1.29, 1.82) is 0 Å². The van der Waals surface area contributed by atoms with Gasteiger partial charge in [0.2, 0.25) is 12.2 Å². The summed E-state index contributed by atoms with van der Waals surface area (Å²) in [5.41, 5.74) is 0. The summed E-state index contributed by atoms with van der Waals surface area (Å²) in [7, 11) is 1.52. The van der Waals surface area contributed by atoms with Gasteiger partial charge in [-0.2, -0.15) is 0 Å². The molecule has 1 aromatic rings. The van der Waals surface area contributed by atoms with Gasteiger partial charge in [-0.15, -0.1) is 0 Å². The number of carbonyl (C=O) groups is 1. The molecule has 12 nitrogen and oxygen atoms in total. The number of nitrogens with one attached hydrogen (secondary N) is 1. The molecule has 1 aromatic carbocycles. The van der Waals surface area contributed by atoms with E-state index in [1.54, 1.807) is 24.3 Å². The molecule has 0 unspecified atom stereocenters. The Kier molecular flexibility index (Phi) is 8.48. The fraction of sp³-hybridized carbons (Fsp3) is 0.667. The van der Waals surface area contributed by atoms with Gasteiger partial charge in [-0.05, 0) is 31.2 Å². The van der Waals surface area contributed by atoms with Crippen LogP contribution in [0.1, 0.15) is 13.8 Å². The van der Waals surface area contributed by atoms with Crippen molar-refractivity contribution in [3.8, 4) is 11.5 Å². The molecule has 12 heteroatoms. The Hall–Kier alpha value is -2.03. The largest absolute Gasteiger partial charge is 0.497 e. The Morgan fingerprint density at radius 1 is 0.970 bits per heavy atom. The molecule has 2 heterocycles. The van der Waals surface area contributed by atoms with Crippen LogP contribution in [0.4, 0.5) is 0 Å². The van der Waals surface area contributed by atoms with Crippen LogP contribution in [-0.4, -0.2) is 107 Å². The van der Waals surface area contributed by atoms with Gasteiger partial charge in [0.15, 0.2) is 6.29 Å². The molecule has 6 N–H and O–H groups in total. The van der Waals surface area contributed by atoms with E-state index in [2.05, 4.69) is 5.32 Å². The van der Waals surface area contributed by atoms with Crippen LogP contribution in [0.15, 0.2) is 24.3 Å². The molecular weight excluding hydrogens is 442 g/mol. The number of carbonyl (C=O) groups excluding carboxylic acids is 1. The van der Waals surface area contributed by atoms with Crippen molar-refractivity contribution >= 4 is 5.91 Å². The fourth-order valence-electron chi connectivity index (χ4n) is 3.79. The Labute approximate surface area is 190 Å². The van der Waals surface area contributed by atoms with Crippen LogP contribution in [0.5, 0.6) is 11.5 Å². The Balaban J connectivity index is 1.79. The smallest absolute Gasteiger partial charge is 0.223 e. The molecule has 3 rings (SSSR count). The lowest BCUT2D eigenvalue weighted by Crippen LogP contribution is -2.67. The molecule has 2 fully saturated rings. The highest BCUT2D eigenvalue weighted by molar-refractivity contribution is 5.73. The van der Waals surface area contributed by atoms with E-state index in [1.807, 2.05) is 0 Å². The van der Waals surface area contributed by atoms with Crippen molar-refractivity contribution < 1.29 is 54.0 Å². The first-order valence-corrected chi connectivity index (χ1v) is 10.5. The zero-order valence-electron chi connectivity index (χ0n) is 18.5. The predicted octanol–water partition coefficient (Wildman–Crippen LogP) is -2.13. The van der Waals surface area contributed by atoms with Crippen LogP contribution in [0.25, 0.3) is 0 Å². The van der Waals surface area contributed by atoms with E-state index in [-0.39, 0.29) is 0 Å². The van der Waals surface area contributed by atoms with Crippen molar-refractivity contribution in [2.75, 3.05) is 13.7 Å². The standard InChI is InChI=1S/C21H31NO11/c1-9-15(25)17(27)18(28)21(30-9)33-19-13(8-23)32-20(14(16(19)26)22-10(2)24)31-12-6-4-11(29-3)5-7-12/h4-7,9,13-21,23,25-28H,8H2,1-3H3,(H,22,24)/t9-,13+,14+,15-,16+,17+,18+,19+,20+,21+/m0/s1. The Bertz CT molecular complexity index is 778. The van der Waals surface area contributed by atoms with Crippen LogP contribution in [0, 0.1) is 0 Å². The highest BCUT2D eigenvalue weighted by Gasteiger charge is 2.51. The summed E-state index contributed by atoms with van der Waals surface area (Å²) in [5, 5.41) is 53.6. The van der Waals surface area contributed by atoms with Crippen LogP contribution in [0.3, 0.4) is 0 Å². The molecule has 0 aliphatic carbocycles. The summed E-state index contributed by atoms with van der Waals surface area (Å²) in [4.78, 5) is 11.8. The average molecular weight is 473 g/mol. The number of hydrogen-bond donors (Lipinski definition) is 6. The summed E-state index contributed by atoms with van der Waals surface area (Å²) in [6, 6.07) is 5.40. The van der Waals surface area contributed by atoms with Crippen molar-refractivity contribution in [1.82, 2.24) is 5.32 Å². The highest BCUT2D eigenvalue weighted by Crippen LogP contribution is 2.30. The van der Waals surface area contributed by atoms with E-state index in [0.29, 0.717) is 11.5 Å². The average Bonchev–Trinajstić information content (AvgIpc) is 2.80. The molecule has 0 saturated carbocycles. The maximum Gasteiger partial charge on any atom is 0.223 e. The summed E-state index contributed by atoms with van der Waals surface area (Å²) in [5.74, 6) is 0.476. The third kappa shape index (κ3) is 5.73. The lowest BCUT2D eigenvalue weighted by atomic mass is 9.95. The van der Waals surface area contributed by atoms with E-state index in [9.17, 15) is 30.3 Å². The van der Waals surface area contributed by atoms with Gasteiger partial charge < -0.3 is 54.5 Å². The number of ether oxygens (including phenoxy) is 5. The van der Waals surface area contributed by atoms with Gasteiger partial charge in [-0.3, -0.25) is 4.79 Å². The van der Waals surface area contributed by atoms with Gasteiger partial charge in [0, 0.05) is 6.92 Å². The van der Waals surface area contributed by atoms with Gasteiger partial charge in [0.05, 0.1) is 19.8 Å². The van der Waals surface area contributed by atoms with E-state index >= 15 is 0 Å². The number of hydrogen-bond acceptors (Lipinski definition) is 11. The molecule has 10 atom stereocenters. The number of aliphatic hydroxyl groups is 5. The number of rotatable bonds is 7. The maximum atomic E-state index is 11.8. The maximum absolute atomic E-state index is 11.8. The zero-order valence-corrected chi connectivity index (χ0v) is 18.5. The van der Waals surface area contributed by atoms with Crippen LogP contribution < -0.4 is 14.8 Å². The number of aliphatic hydroxyl groups excluding tert-OH is 5. The summed E-state index contributed by atoms with van der Waals surface area (Å²) < 4.78 is 27.8. The third-order valence-corrected chi connectivity index (χ3v) is 5.63. The molecule has 186 valence electrons. The van der Waals surface area contributed by atoms with Crippen LogP contribution in [-0.2, 0) is 19.0 Å². The predicted molar refractivity (Wildman–Crippen MR) is 110 cm³/mol. The lowest BCUT2D eigenvalue weighted by Gasteiger charge is -2.46. The molecule has 1 amide bonds. The fourth-order valence-corrected chi connectivity index (χ4v) is 3.79. The molecule has 0 aromatic heterocycles. The first kappa shape index (κ1) is 25.6. The van der Waals surface area contributed by atoms with E-state index in [1.165, 1.54) is 21.0 Å². The normalized spacial score (nSPS) is 39.0. The minimum Gasteiger partial charge on any atom is -0.497 e. The van der Waals surface area contributed by atoms with Gasteiger partial charge in [0.1, 0.15) is 54.2 Å². The summed E-state index contributed by atoms with van der Waals surface area (Å²) >= 11 is 0. The van der Waals surface area contributed by atoms with Crippen molar-refractivity contribution in [3.05, 3.63) is 24.3 Å². The molecule has 2 aliphatic heterocycles. The second-order valence-electron chi connectivity index (χ2n) is 8.02. The van der Waals surface area contributed by atoms with E-state index in [0.717, 1.165) is 0 Å². The van der Waals surface area contributed by atoms with E-state index in [4.69, 9.17) is 23.7 Å². The van der Waals surface area contributed by atoms with Gasteiger partial charge in [-0.25, -0.2) is 0 Å². The molecular formula is C21H31NO11. The molecule has 2 saturated heterocycles. The third-order valence-electron chi connectivity index (χ3n) is 5.63. The SMILES string of the molecule is COc1ccc(O[C@@H]2O[C@H](CO)[C@@H](O[C@H]3O[C@@H](C)[C@H](O)[C@@H](O)[C@H]3O)[C@H](O)[C@H]2NC(C)=O)cc1. The topological polar surface area (TPSA) is 176 Å². The molecule has 2 aliphatic rings. The minimum absolute atomic E-state index is 0.358. The van der Waals surface area contributed by atoms with Crippen molar-refractivity contribution in [2.45, 2.75) is 75.2 Å². The molecule has 33 heavy (non-hydrogen) atoms. The quantitative estimate of drug-likeness (QED) is 0.255. The molecule has 0 spiro atoms. The zero-order chi connectivity index (χ0) is 24.3. The second-order valence-corrected chi connectivity index (χ2v) is 8.02. The first-order chi connectivity index (χ1) is 15.7. The molecule has 0 radical (unpaired) electrons. The van der Waals surface area contributed by atoms with Crippen LogP contribution >= 0.6 is 0 Å². The Morgan fingerprint density at radius 2 is 1.61 bits per heavy atom. The number of amides is 1.